The number of para-hydroxylation sites is 2. The molecule has 0 bridgehead atoms. The van der Waals surface area contributed by atoms with Gasteiger partial charge in [-0.15, -0.1) is 0 Å². The van der Waals surface area contributed by atoms with Crippen LogP contribution in [-0.2, 0) is 14.8 Å². The van der Waals surface area contributed by atoms with Gasteiger partial charge in [-0.2, -0.15) is 0 Å². The molecule has 1 fully saturated rings. The number of hydrogen-bond acceptors (Lipinski definition) is 8. The van der Waals surface area contributed by atoms with Crippen LogP contribution in [0.15, 0.2) is 71.6 Å². The first-order valence-corrected chi connectivity index (χ1v) is 15.0. The summed E-state index contributed by atoms with van der Waals surface area (Å²) in [6, 6.07) is 18.5. The molecule has 3 aromatic carbocycles. The normalized spacial score (nSPS) is 13.9. The van der Waals surface area contributed by atoms with Crippen LogP contribution in [0.1, 0.15) is 38.5 Å². The van der Waals surface area contributed by atoms with Gasteiger partial charge >= 0.3 is 0 Å². The molecule has 0 radical (unpaired) electrons. The molecule has 11 heteroatoms. The quantitative estimate of drug-likeness (QED) is 0.207. The summed E-state index contributed by atoms with van der Waals surface area (Å²) in [4.78, 5) is 21.8. The molecule has 0 saturated heterocycles. The summed E-state index contributed by atoms with van der Waals surface area (Å²) in [5, 5.41) is 6.01. The molecule has 0 unspecified atom stereocenters. The van der Waals surface area contributed by atoms with Crippen LogP contribution in [0.4, 0.5) is 23.0 Å². The molecule has 0 aliphatic heterocycles. The number of nitrogens with one attached hydrogen (secondary N) is 3. The average molecular weight is 576 g/mol. The van der Waals surface area contributed by atoms with E-state index in [0.717, 1.165) is 25.7 Å². The maximum atomic E-state index is 13.5. The first-order chi connectivity index (χ1) is 19.8. The number of hydrogen-bond donors (Lipinski definition) is 3. The van der Waals surface area contributed by atoms with Crippen molar-refractivity contribution in [1.29, 1.82) is 0 Å². The fourth-order valence-electron chi connectivity index (χ4n) is 4.97. The fourth-order valence-corrected chi connectivity index (χ4v) is 6.02. The van der Waals surface area contributed by atoms with Crippen molar-refractivity contribution in [3.63, 3.8) is 0 Å². The maximum absolute atomic E-state index is 13.5. The van der Waals surface area contributed by atoms with Crippen molar-refractivity contribution in [2.75, 3.05) is 29.6 Å². The molecule has 5 rings (SSSR count). The van der Waals surface area contributed by atoms with Crippen LogP contribution < -0.4 is 24.8 Å². The standard InChI is InChI=1S/C30H33N5O5S/c1-39-23-16-22(17-24(19-23)40-2)32-29-30(34-27-14-7-6-13-26(27)33-29)35-41(37,38)25-12-8-11-21(18-25)31-28(36)15-20-9-4-3-5-10-20/h6-8,11-14,16-20H,3-5,9-10,15H2,1-2H3,(H,31,36)(H,32,33)(H,34,35). The molecule has 1 aliphatic rings. The van der Waals surface area contributed by atoms with E-state index in [-0.39, 0.29) is 22.4 Å². The second kappa shape index (κ2) is 12.4. The van der Waals surface area contributed by atoms with Crippen LogP contribution in [0, 0.1) is 5.92 Å². The number of anilines is 4. The van der Waals surface area contributed by atoms with Gasteiger partial charge in [-0.05, 0) is 49.1 Å². The molecular formula is C30H33N5O5S. The van der Waals surface area contributed by atoms with E-state index in [4.69, 9.17) is 9.47 Å². The third-order valence-electron chi connectivity index (χ3n) is 7.04. The summed E-state index contributed by atoms with van der Waals surface area (Å²) in [5.74, 6) is 1.56. The lowest BCUT2D eigenvalue weighted by Gasteiger charge is -2.20. The molecule has 3 N–H and O–H groups in total. The second-order valence-electron chi connectivity index (χ2n) is 10.0. The Bertz CT molecular complexity index is 1630. The SMILES string of the molecule is COc1cc(Nc2nc3ccccc3nc2NS(=O)(=O)c2cccc(NC(=O)CC3CCCCC3)c2)cc(OC)c1. The van der Waals surface area contributed by atoms with Crippen molar-refractivity contribution in [3.8, 4) is 11.5 Å². The van der Waals surface area contributed by atoms with E-state index in [9.17, 15) is 13.2 Å². The maximum Gasteiger partial charge on any atom is 0.263 e. The zero-order chi connectivity index (χ0) is 28.8. The highest BCUT2D eigenvalue weighted by Crippen LogP contribution is 2.32. The first-order valence-electron chi connectivity index (χ1n) is 13.5. The summed E-state index contributed by atoms with van der Waals surface area (Å²) in [6.07, 6.45) is 6.06. The molecule has 1 amide bonds. The minimum Gasteiger partial charge on any atom is -0.497 e. The van der Waals surface area contributed by atoms with Gasteiger partial charge in [0, 0.05) is 36.0 Å². The Kier molecular flexibility index (Phi) is 8.53. The van der Waals surface area contributed by atoms with Gasteiger partial charge in [0.1, 0.15) is 11.5 Å². The summed E-state index contributed by atoms with van der Waals surface area (Å²) in [6.45, 7) is 0. The Balaban J connectivity index is 1.41. The number of ether oxygens (including phenoxy) is 2. The number of sulfonamides is 1. The van der Waals surface area contributed by atoms with Gasteiger partial charge in [-0.3, -0.25) is 9.52 Å². The lowest BCUT2D eigenvalue weighted by molar-refractivity contribution is -0.117. The second-order valence-corrected chi connectivity index (χ2v) is 11.7. The lowest BCUT2D eigenvalue weighted by atomic mass is 9.87. The van der Waals surface area contributed by atoms with Crippen LogP contribution in [-0.4, -0.2) is 38.5 Å². The zero-order valence-electron chi connectivity index (χ0n) is 23.0. The van der Waals surface area contributed by atoms with Gasteiger partial charge in [0.2, 0.25) is 5.91 Å². The van der Waals surface area contributed by atoms with Gasteiger partial charge in [-0.25, -0.2) is 18.4 Å². The monoisotopic (exact) mass is 575 g/mol. The van der Waals surface area contributed by atoms with E-state index < -0.39 is 10.0 Å². The van der Waals surface area contributed by atoms with Crippen LogP contribution >= 0.6 is 0 Å². The minimum absolute atomic E-state index is 0.0113. The number of rotatable bonds is 10. The molecule has 0 atom stereocenters. The first kappa shape index (κ1) is 28.2. The number of carbonyl (C=O) groups excluding carboxylic acids is 1. The smallest absolute Gasteiger partial charge is 0.263 e. The number of nitrogens with zero attached hydrogens (tertiary/aromatic N) is 2. The van der Waals surface area contributed by atoms with E-state index in [1.807, 2.05) is 6.07 Å². The number of amides is 1. The Hall–Kier alpha value is -4.38. The summed E-state index contributed by atoms with van der Waals surface area (Å²) < 4.78 is 40.4. The number of fused-ring (bicyclic) bond motifs is 1. The van der Waals surface area contributed by atoms with Crippen molar-refractivity contribution in [2.45, 2.75) is 43.4 Å². The molecule has 0 spiro atoms. The fraction of sp³-hybridized carbons (Fsp3) is 0.300. The third-order valence-corrected chi connectivity index (χ3v) is 8.38. The highest BCUT2D eigenvalue weighted by atomic mass is 32.2. The Morgan fingerprint density at radius 2 is 1.49 bits per heavy atom. The summed E-state index contributed by atoms with van der Waals surface area (Å²) in [5.41, 5.74) is 2.08. The largest absolute Gasteiger partial charge is 0.497 e. The number of aromatic nitrogens is 2. The van der Waals surface area contributed by atoms with E-state index >= 15 is 0 Å². The Labute approximate surface area is 239 Å². The van der Waals surface area contributed by atoms with Crippen LogP contribution in [0.2, 0.25) is 0 Å². The topological polar surface area (TPSA) is 132 Å². The van der Waals surface area contributed by atoms with Crippen molar-refractivity contribution in [3.05, 3.63) is 66.7 Å². The third kappa shape index (κ3) is 7.04. The van der Waals surface area contributed by atoms with Gasteiger partial charge < -0.3 is 20.1 Å². The molecule has 10 nitrogen and oxygen atoms in total. The van der Waals surface area contributed by atoms with Crippen molar-refractivity contribution in [1.82, 2.24) is 9.97 Å². The molecule has 1 saturated carbocycles. The zero-order valence-corrected chi connectivity index (χ0v) is 23.8. The summed E-state index contributed by atoms with van der Waals surface area (Å²) in [7, 11) is -1.02. The predicted octanol–water partition coefficient (Wildman–Crippen LogP) is 6.10. The van der Waals surface area contributed by atoms with Crippen LogP contribution in [0.3, 0.4) is 0 Å². The molecule has 214 valence electrons. The molecule has 4 aromatic rings. The van der Waals surface area contributed by atoms with E-state index in [0.29, 0.717) is 46.2 Å². The van der Waals surface area contributed by atoms with Gasteiger partial charge in [0.05, 0.1) is 30.1 Å². The highest BCUT2D eigenvalue weighted by molar-refractivity contribution is 7.92. The van der Waals surface area contributed by atoms with Crippen LogP contribution in [0.5, 0.6) is 11.5 Å². The summed E-state index contributed by atoms with van der Waals surface area (Å²) >= 11 is 0. The van der Waals surface area contributed by atoms with Crippen LogP contribution in [0.25, 0.3) is 11.0 Å². The highest BCUT2D eigenvalue weighted by Gasteiger charge is 2.21. The van der Waals surface area contributed by atoms with Gasteiger partial charge in [-0.1, -0.05) is 37.5 Å². The van der Waals surface area contributed by atoms with E-state index in [2.05, 4.69) is 25.3 Å². The molecule has 1 aliphatic carbocycles. The van der Waals surface area contributed by atoms with Crippen molar-refractivity contribution >= 4 is 50.0 Å². The molecule has 1 aromatic heterocycles. The molecule has 41 heavy (non-hydrogen) atoms. The van der Waals surface area contributed by atoms with Gasteiger partial charge in [0.15, 0.2) is 11.6 Å². The van der Waals surface area contributed by atoms with Gasteiger partial charge in [0.25, 0.3) is 10.0 Å². The number of carbonyl (C=O) groups is 1. The average Bonchev–Trinajstić information content (AvgIpc) is 2.97. The number of benzene rings is 3. The van der Waals surface area contributed by atoms with Crippen molar-refractivity contribution in [2.24, 2.45) is 5.92 Å². The van der Waals surface area contributed by atoms with E-state index in [1.165, 1.54) is 18.6 Å². The van der Waals surface area contributed by atoms with Crippen molar-refractivity contribution < 1.29 is 22.7 Å². The van der Waals surface area contributed by atoms with E-state index in [1.54, 1.807) is 62.8 Å². The number of methoxy groups -OCH3 is 2. The predicted molar refractivity (Wildman–Crippen MR) is 159 cm³/mol. The molecule has 1 heterocycles. The minimum atomic E-state index is -4.10. The Morgan fingerprint density at radius 3 is 2.15 bits per heavy atom. The molecular weight excluding hydrogens is 542 g/mol. The lowest BCUT2D eigenvalue weighted by Crippen LogP contribution is -2.19. The Morgan fingerprint density at radius 1 is 0.829 bits per heavy atom.